The predicted octanol–water partition coefficient (Wildman–Crippen LogP) is 3.34. The number of nitrogen functional groups attached to an aromatic ring is 1. The number of rotatable bonds is 3. The molecule has 3 nitrogen and oxygen atoms in total. The van der Waals surface area contributed by atoms with Crippen LogP contribution in [0.2, 0.25) is 0 Å². The van der Waals surface area contributed by atoms with Gasteiger partial charge in [-0.25, -0.2) is 0 Å². The second-order valence-electron chi connectivity index (χ2n) is 4.09. The molecule has 0 aliphatic rings. The Bertz CT molecular complexity index is 559. The number of nitrogens with zero attached hydrogens (tertiary/aromatic N) is 1. The van der Waals surface area contributed by atoms with E-state index >= 15 is 0 Å². The molecule has 2 aromatic rings. The van der Waals surface area contributed by atoms with Crippen LogP contribution in [0.4, 0.5) is 11.4 Å². The average Bonchev–Trinajstić information content (AvgIpc) is 2.39. The molecular weight excluding hydrogens is 224 g/mol. The van der Waals surface area contributed by atoms with Crippen LogP contribution in [-0.2, 0) is 0 Å². The van der Waals surface area contributed by atoms with E-state index in [-0.39, 0.29) is 0 Å². The number of aryl methyl sites for hydroxylation is 1. The fourth-order valence-electron chi connectivity index (χ4n) is 1.57. The molecule has 0 heterocycles. The van der Waals surface area contributed by atoms with E-state index in [2.05, 4.69) is 11.9 Å². The Morgan fingerprint density at radius 2 is 1.83 bits per heavy atom. The predicted molar refractivity (Wildman–Crippen MR) is 75.8 cm³/mol. The van der Waals surface area contributed by atoms with Crippen molar-refractivity contribution in [3.63, 3.8) is 0 Å². The third-order valence-electron chi connectivity index (χ3n) is 2.68. The first kappa shape index (κ1) is 12.2. The normalized spacial score (nSPS) is 10.8. The van der Waals surface area contributed by atoms with E-state index in [0.29, 0.717) is 5.69 Å². The molecule has 0 aromatic heterocycles. The molecule has 0 aliphatic heterocycles. The number of methoxy groups -OCH3 is 1. The fourth-order valence-corrected chi connectivity index (χ4v) is 1.57. The van der Waals surface area contributed by atoms with Crippen LogP contribution in [0.1, 0.15) is 11.1 Å². The Morgan fingerprint density at radius 3 is 2.44 bits per heavy atom. The van der Waals surface area contributed by atoms with Crippen molar-refractivity contribution in [1.82, 2.24) is 0 Å². The monoisotopic (exact) mass is 240 g/mol. The molecule has 2 rings (SSSR count). The summed E-state index contributed by atoms with van der Waals surface area (Å²) in [5, 5.41) is 0. The van der Waals surface area contributed by atoms with Crippen molar-refractivity contribution < 1.29 is 4.74 Å². The maximum atomic E-state index is 5.91. The molecule has 3 heteroatoms. The van der Waals surface area contributed by atoms with Crippen molar-refractivity contribution in [2.45, 2.75) is 6.92 Å². The number of hydrogen-bond donors (Lipinski definition) is 1. The van der Waals surface area contributed by atoms with Crippen LogP contribution in [-0.4, -0.2) is 13.3 Å². The van der Waals surface area contributed by atoms with Crippen LogP contribution >= 0.6 is 0 Å². The fraction of sp³-hybridized carbons (Fsp3) is 0.133. The SMILES string of the molecule is COc1ccc(C=Nc2ccc(C)cc2)c(N)c1. The summed E-state index contributed by atoms with van der Waals surface area (Å²) in [5.41, 5.74) is 9.59. The highest BCUT2D eigenvalue weighted by atomic mass is 16.5. The quantitative estimate of drug-likeness (QED) is 0.660. The zero-order valence-electron chi connectivity index (χ0n) is 10.6. The highest BCUT2D eigenvalue weighted by Gasteiger charge is 1.98. The molecule has 0 saturated heterocycles. The molecule has 0 amide bonds. The van der Waals surface area contributed by atoms with Gasteiger partial charge in [0.15, 0.2) is 0 Å². The van der Waals surface area contributed by atoms with Crippen molar-refractivity contribution >= 4 is 17.6 Å². The van der Waals surface area contributed by atoms with Gasteiger partial charge >= 0.3 is 0 Å². The summed E-state index contributed by atoms with van der Waals surface area (Å²) in [4.78, 5) is 4.39. The molecule has 0 atom stereocenters. The molecule has 0 fully saturated rings. The van der Waals surface area contributed by atoms with Crippen LogP contribution in [0.5, 0.6) is 5.75 Å². The minimum absolute atomic E-state index is 0.658. The van der Waals surface area contributed by atoms with E-state index in [1.54, 1.807) is 19.4 Å². The zero-order chi connectivity index (χ0) is 13.0. The lowest BCUT2D eigenvalue weighted by atomic mass is 10.2. The molecule has 0 spiro atoms. The smallest absolute Gasteiger partial charge is 0.120 e. The van der Waals surface area contributed by atoms with Crippen molar-refractivity contribution in [2.75, 3.05) is 12.8 Å². The summed E-state index contributed by atoms with van der Waals surface area (Å²) in [5.74, 6) is 0.750. The minimum atomic E-state index is 0.658. The van der Waals surface area contributed by atoms with E-state index in [4.69, 9.17) is 10.5 Å². The van der Waals surface area contributed by atoms with E-state index in [9.17, 15) is 0 Å². The van der Waals surface area contributed by atoms with Gasteiger partial charge in [0.05, 0.1) is 12.8 Å². The zero-order valence-corrected chi connectivity index (χ0v) is 10.6. The van der Waals surface area contributed by atoms with Crippen molar-refractivity contribution in [3.8, 4) is 5.75 Å². The lowest BCUT2D eigenvalue weighted by molar-refractivity contribution is 0.415. The molecule has 92 valence electrons. The molecular formula is C15H16N2O. The number of ether oxygens (including phenoxy) is 1. The second-order valence-corrected chi connectivity index (χ2v) is 4.09. The third kappa shape index (κ3) is 2.88. The van der Waals surface area contributed by atoms with Gasteiger partial charge in [0.1, 0.15) is 5.75 Å². The molecule has 0 radical (unpaired) electrons. The Labute approximate surface area is 107 Å². The highest BCUT2D eigenvalue weighted by Crippen LogP contribution is 2.19. The first-order chi connectivity index (χ1) is 8.69. The van der Waals surface area contributed by atoms with Crippen LogP contribution in [0.3, 0.4) is 0 Å². The van der Waals surface area contributed by atoms with Crippen LogP contribution in [0.25, 0.3) is 0 Å². The van der Waals surface area contributed by atoms with Crippen molar-refractivity contribution in [1.29, 1.82) is 0 Å². The lowest BCUT2D eigenvalue weighted by Crippen LogP contribution is -1.94. The summed E-state index contributed by atoms with van der Waals surface area (Å²) in [6.45, 7) is 2.05. The minimum Gasteiger partial charge on any atom is -0.497 e. The molecule has 18 heavy (non-hydrogen) atoms. The molecule has 0 unspecified atom stereocenters. The Hall–Kier alpha value is -2.29. The molecule has 0 aliphatic carbocycles. The molecule has 2 N–H and O–H groups in total. The highest BCUT2D eigenvalue weighted by molar-refractivity contribution is 5.88. The Balaban J connectivity index is 2.20. The van der Waals surface area contributed by atoms with Gasteiger partial charge in [0.25, 0.3) is 0 Å². The van der Waals surface area contributed by atoms with Gasteiger partial charge < -0.3 is 10.5 Å². The average molecular weight is 240 g/mol. The van der Waals surface area contributed by atoms with Gasteiger partial charge in [-0.1, -0.05) is 17.7 Å². The van der Waals surface area contributed by atoms with Crippen molar-refractivity contribution in [3.05, 3.63) is 53.6 Å². The van der Waals surface area contributed by atoms with Crippen LogP contribution in [0, 0.1) is 6.92 Å². The Morgan fingerprint density at radius 1 is 1.11 bits per heavy atom. The van der Waals surface area contributed by atoms with Crippen LogP contribution < -0.4 is 10.5 Å². The molecule has 2 aromatic carbocycles. The van der Waals surface area contributed by atoms with E-state index in [1.807, 2.05) is 36.4 Å². The van der Waals surface area contributed by atoms with Gasteiger partial charge in [-0.15, -0.1) is 0 Å². The third-order valence-corrected chi connectivity index (χ3v) is 2.68. The van der Waals surface area contributed by atoms with E-state index < -0.39 is 0 Å². The standard InChI is InChI=1S/C15H16N2O/c1-11-3-6-13(7-4-11)17-10-12-5-8-14(18-2)9-15(12)16/h3-10H,16H2,1-2H3. The largest absolute Gasteiger partial charge is 0.497 e. The molecule has 0 saturated carbocycles. The lowest BCUT2D eigenvalue weighted by Gasteiger charge is -2.03. The summed E-state index contributed by atoms with van der Waals surface area (Å²) in [7, 11) is 1.62. The number of nitrogens with two attached hydrogens (primary N) is 1. The van der Waals surface area contributed by atoms with E-state index in [0.717, 1.165) is 17.0 Å². The Kier molecular flexibility index (Phi) is 3.63. The summed E-state index contributed by atoms with van der Waals surface area (Å²) < 4.78 is 5.10. The summed E-state index contributed by atoms with van der Waals surface area (Å²) in [6, 6.07) is 13.6. The maximum Gasteiger partial charge on any atom is 0.120 e. The van der Waals surface area contributed by atoms with Gasteiger partial charge in [-0.05, 0) is 31.2 Å². The van der Waals surface area contributed by atoms with Gasteiger partial charge in [-0.3, -0.25) is 4.99 Å². The number of hydrogen-bond acceptors (Lipinski definition) is 3. The van der Waals surface area contributed by atoms with Gasteiger partial charge in [-0.2, -0.15) is 0 Å². The van der Waals surface area contributed by atoms with Gasteiger partial charge in [0.2, 0.25) is 0 Å². The summed E-state index contributed by atoms with van der Waals surface area (Å²) >= 11 is 0. The van der Waals surface area contributed by atoms with E-state index in [1.165, 1.54) is 5.56 Å². The van der Waals surface area contributed by atoms with Crippen molar-refractivity contribution in [2.24, 2.45) is 4.99 Å². The number of benzene rings is 2. The number of anilines is 1. The molecule has 0 bridgehead atoms. The van der Waals surface area contributed by atoms with Crippen LogP contribution in [0.15, 0.2) is 47.5 Å². The second kappa shape index (κ2) is 5.36. The maximum absolute atomic E-state index is 5.91. The first-order valence-corrected chi connectivity index (χ1v) is 5.73. The first-order valence-electron chi connectivity index (χ1n) is 5.73. The topological polar surface area (TPSA) is 47.6 Å². The number of aliphatic imine (C=N–C) groups is 1. The summed E-state index contributed by atoms with van der Waals surface area (Å²) in [6.07, 6.45) is 1.76. The van der Waals surface area contributed by atoms with Gasteiger partial charge in [0, 0.05) is 23.5 Å².